The van der Waals surface area contributed by atoms with E-state index in [0.29, 0.717) is 17.8 Å². The van der Waals surface area contributed by atoms with Crippen molar-refractivity contribution in [2.75, 3.05) is 6.54 Å². The summed E-state index contributed by atoms with van der Waals surface area (Å²) >= 11 is 0. The Morgan fingerprint density at radius 3 is 2.63 bits per heavy atom. The lowest BCUT2D eigenvalue weighted by molar-refractivity contribution is -0.122. The van der Waals surface area contributed by atoms with Crippen LogP contribution in [0.5, 0.6) is 0 Å². The first-order chi connectivity index (χ1) is 14.5. The molecule has 0 radical (unpaired) electrons. The number of aromatic nitrogens is 3. The SMILES string of the molecule is N#Cc1cc(F)c([C@H]2C[C@@H]2c2cc(C3CNC(=O)NC3=O)nn3ccnc23)c(F)c1. The van der Waals surface area contributed by atoms with Crippen molar-refractivity contribution in [2.24, 2.45) is 0 Å². The first kappa shape index (κ1) is 18.2. The number of halogens is 2. The summed E-state index contributed by atoms with van der Waals surface area (Å²) in [7, 11) is 0. The van der Waals surface area contributed by atoms with E-state index in [-0.39, 0.29) is 23.6 Å². The van der Waals surface area contributed by atoms with Gasteiger partial charge in [0, 0.05) is 30.1 Å². The second kappa shape index (κ2) is 6.59. The van der Waals surface area contributed by atoms with E-state index in [2.05, 4.69) is 20.7 Å². The van der Waals surface area contributed by atoms with E-state index in [0.717, 1.165) is 17.7 Å². The zero-order valence-corrected chi connectivity index (χ0v) is 15.4. The average Bonchev–Trinajstić information content (AvgIpc) is 3.32. The van der Waals surface area contributed by atoms with Crippen molar-refractivity contribution in [3.63, 3.8) is 0 Å². The summed E-state index contributed by atoms with van der Waals surface area (Å²) < 4.78 is 30.5. The maximum absolute atomic E-state index is 14.5. The normalized spacial score (nSPS) is 23.0. The fourth-order valence-corrected chi connectivity index (χ4v) is 4.03. The summed E-state index contributed by atoms with van der Waals surface area (Å²) in [6.07, 6.45) is 3.68. The summed E-state index contributed by atoms with van der Waals surface area (Å²) in [5.74, 6) is -3.27. The van der Waals surface area contributed by atoms with Gasteiger partial charge in [-0.25, -0.2) is 23.1 Å². The van der Waals surface area contributed by atoms with Crippen LogP contribution in [-0.4, -0.2) is 33.1 Å². The molecule has 0 spiro atoms. The molecule has 0 bridgehead atoms. The number of nitrogens with one attached hydrogen (secondary N) is 2. The van der Waals surface area contributed by atoms with Crippen LogP contribution in [0.15, 0.2) is 30.6 Å². The van der Waals surface area contributed by atoms with Crippen LogP contribution >= 0.6 is 0 Å². The van der Waals surface area contributed by atoms with Crippen molar-refractivity contribution >= 4 is 17.6 Å². The molecule has 2 aromatic heterocycles. The molecule has 8 nitrogen and oxygen atoms in total. The molecule has 1 aromatic carbocycles. The molecule has 1 saturated heterocycles. The van der Waals surface area contributed by atoms with Gasteiger partial charge in [-0.15, -0.1) is 0 Å². The summed E-state index contributed by atoms with van der Waals surface area (Å²) in [4.78, 5) is 27.9. The molecule has 3 heterocycles. The van der Waals surface area contributed by atoms with Gasteiger partial charge in [-0.3, -0.25) is 10.1 Å². The smallest absolute Gasteiger partial charge is 0.321 e. The number of hydrogen-bond acceptors (Lipinski definition) is 5. The van der Waals surface area contributed by atoms with E-state index in [1.54, 1.807) is 24.5 Å². The Kier molecular flexibility index (Phi) is 3.99. The fraction of sp³-hybridized carbons (Fsp3) is 0.250. The number of carbonyl (C=O) groups is 2. The van der Waals surface area contributed by atoms with Gasteiger partial charge in [0.25, 0.3) is 0 Å². The predicted octanol–water partition coefficient (Wildman–Crippen LogP) is 2.07. The van der Waals surface area contributed by atoms with Crippen LogP contribution in [0.2, 0.25) is 0 Å². The largest absolute Gasteiger partial charge is 0.337 e. The molecule has 2 N–H and O–H groups in total. The van der Waals surface area contributed by atoms with Gasteiger partial charge in [0.2, 0.25) is 5.91 Å². The van der Waals surface area contributed by atoms with Gasteiger partial charge in [0.1, 0.15) is 11.6 Å². The van der Waals surface area contributed by atoms with Crippen molar-refractivity contribution in [3.8, 4) is 6.07 Å². The summed E-state index contributed by atoms with van der Waals surface area (Å²) in [6, 6.07) is 4.96. The maximum Gasteiger partial charge on any atom is 0.321 e. The number of hydrogen-bond donors (Lipinski definition) is 2. The number of nitriles is 1. The second-order valence-corrected chi connectivity index (χ2v) is 7.39. The van der Waals surface area contributed by atoms with E-state index in [1.165, 1.54) is 4.52 Å². The standard InChI is InChI=1S/C20H14F2N6O2/c21-14-3-9(7-23)4-15(22)17(14)11-5-10(11)12-6-16(27-28-2-1-24-18(12)28)13-8-25-20(30)26-19(13)29/h1-4,6,10-11,13H,5,8H2,(H2,25,26,29,30)/t10-,11-,13?/m0/s1. The topological polar surface area (TPSA) is 112 Å². The highest BCUT2D eigenvalue weighted by Crippen LogP contribution is 2.56. The van der Waals surface area contributed by atoms with Gasteiger partial charge in [-0.1, -0.05) is 0 Å². The molecule has 5 rings (SSSR count). The number of imide groups is 1. The number of urea groups is 1. The van der Waals surface area contributed by atoms with Gasteiger partial charge in [0.15, 0.2) is 5.65 Å². The highest BCUT2D eigenvalue weighted by atomic mass is 19.1. The summed E-state index contributed by atoms with van der Waals surface area (Å²) in [5, 5.41) is 18.1. The maximum atomic E-state index is 14.5. The van der Waals surface area contributed by atoms with Crippen molar-refractivity contribution in [1.82, 2.24) is 25.2 Å². The predicted molar refractivity (Wildman–Crippen MR) is 98.4 cm³/mol. The number of rotatable bonds is 3. The average molecular weight is 408 g/mol. The number of benzene rings is 1. The van der Waals surface area contributed by atoms with Crippen molar-refractivity contribution in [2.45, 2.75) is 24.2 Å². The number of imidazole rings is 1. The van der Waals surface area contributed by atoms with E-state index in [4.69, 9.17) is 5.26 Å². The van der Waals surface area contributed by atoms with Gasteiger partial charge in [0.05, 0.1) is 23.2 Å². The Balaban J connectivity index is 1.53. The molecular formula is C20H14F2N6O2. The molecule has 150 valence electrons. The first-order valence-electron chi connectivity index (χ1n) is 9.28. The Morgan fingerprint density at radius 2 is 1.93 bits per heavy atom. The minimum atomic E-state index is -0.748. The summed E-state index contributed by atoms with van der Waals surface area (Å²) in [6.45, 7) is 0.101. The number of fused-ring (bicyclic) bond motifs is 1. The number of amides is 3. The van der Waals surface area contributed by atoms with Crippen molar-refractivity contribution < 1.29 is 18.4 Å². The second-order valence-electron chi connectivity index (χ2n) is 7.39. The van der Waals surface area contributed by atoms with Crippen LogP contribution in [0.3, 0.4) is 0 Å². The number of carbonyl (C=O) groups excluding carboxylic acids is 2. The van der Waals surface area contributed by atoms with E-state index >= 15 is 0 Å². The first-order valence-corrected chi connectivity index (χ1v) is 9.28. The van der Waals surface area contributed by atoms with Crippen molar-refractivity contribution in [1.29, 1.82) is 5.26 Å². The molecule has 30 heavy (non-hydrogen) atoms. The van der Waals surface area contributed by atoms with E-state index in [9.17, 15) is 18.4 Å². The van der Waals surface area contributed by atoms with Crippen LogP contribution in [0, 0.1) is 23.0 Å². The lowest BCUT2D eigenvalue weighted by Gasteiger charge is -2.22. The van der Waals surface area contributed by atoms with Crippen LogP contribution in [0.25, 0.3) is 5.65 Å². The van der Waals surface area contributed by atoms with Gasteiger partial charge >= 0.3 is 6.03 Å². The summed E-state index contributed by atoms with van der Waals surface area (Å²) in [5.41, 5.74) is 1.58. The Hall–Kier alpha value is -3.87. The van der Waals surface area contributed by atoms with Gasteiger partial charge in [-0.05, 0) is 36.5 Å². The minimum absolute atomic E-state index is 0.0512. The molecule has 1 unspecified atom stereocenters. The molecule has 1 saturated carbocycles. The highest BCUT2D eigenvalue weighted by molar-refractivity contribution is 6.00. The molecule has 3 aromatic rings. The lowest BCUT2D eigenvalue weighted by Crippen LogP contribution is -2.51. The molecule has 3 amide bonds. The zero-order chi connectivity index (χ0) is 21.0. The third-order valence-corrected chi connectivity index (χ3v) is 5.55. The molecule has 1 aliphatic carbocycles. The van der Waals surface area contributed by atoms with E-state index in [1.807, 2.05) is 0 Å². The van der Waals surface area contributed by atoms with Crippen LogP contribution in [0.1, 0.15) is 46.6 Å². The van der Waals surface area contributed by atoms with Gasteiger partial charge < -0.3 is 5.32 Å². The Bertz CT molecular complexity index is 1240. The van der Waals surface area contributed by atoms with Crippen LogP contribution < -0.4 is 10.6 Å². The molecule has 3 atom stereocenters. The molecular weight excluding hydrogens is 394 g/mol. The third-order valence-electron chi connectivity index (χ3n) is 5.55. The Morgan fingerprint density at radius 1 is 1.17 bits per heavy atom. The fourth-order valence-electron chi connectivity index (χ4n) is 4.03. The highest BCUT2D eigenvalue weighted by Gasteiger charge is 2.45. The third kappa shape index (κ3) is 2.86. The van der Waals surface area contributed by atoms with E-state index < -0.39 is 35.4 Å². The molecule has 2 fully saturated rings. The number of nitrogens with zero attached hydrogens (tertiary/aromatic N) is 4. The van der Waals surface area contributed by atoms with Crippen molar-refractivity contribution in [3.05, 3.63) is 64.6 Å². The quantitative estimate of drug-likeness (QED) is 0.689. The molecule has 1 aliphatic heterocycles. The molecule has 10 heteroatoms. The monoisotopic (exact) mass is 408 g/mol. The molecule has 2 aliphatic rings. The van der Waals surface area contributed by atoms with Gasteiger partial charge in [-0.2, -0.15) is 10.4 Å². The zero-order valence-electron chi connectivity index (χ0n) is 15.4. The minimum Gasteiger partial charge on any atom is -0.337 e. The Labute approximate surface area is 168 Å². The van der Waals surface area contributed by atoms with Crippen LogP contribution in [0.4, 0.5) is 13.6 Å². The van der Waals surface area contributed by atoms with Crippen LogP contribution in [-0.2, 0) is 4.79 Å². The lowest BCUT2D eigenvalue weighted by atomic mass is 9.98.